The van der Waals surface area contributed by atoms with E-state index in [-0.39, 0.29) is 22.8 Å². The number of carbonyl (C=O) groups excluding carboxylic acids is 1. The zero-order chi connectivity index (χ0) is 14.3. The fourth-order valence-electron chi connectivity index (χ4n) is 2.43. The number of carbonyl (C=O) groups is 1. The van der Waals surface area contributed by atoms with Gasteiger partial charge in [0.15, 0.2) is 0 Å². The minimum Gasteiger partial charge on any atom is -0.348 e. The van der Waals surface area contributed by atoms with Crippen LogP contribution < -0.4 is 11.1 Å². The van der Waals surface area contributed by atoms with Crippen LogP contribution in [0.2, 0.25) is 0 Å². The van der Waals surface area contributed by atoms with Gasteiger partial charge in [-0.15, -0.1) is 11.3 Å². The van der Waals surface area contributed by atoms with Crippen LogP contribution >= 0.6 is 11.3 Å². The van der Waals surface area contributed by atoms with E-state index in [2.05, 4.69) is 44.9 Å². The summed E-state index contributed by atoms with van der Waals surface area (Å²) < 4.78 is 0. The molecule has 1 aromatic heterocycles. The number of nitrogens with one attached hydrogen (secondary N) is 1. The fraction of sp³-hybridized carbons (Fsp3) is 0.533. The molecule has 4 heteroatoms. The van der Waals surface area contributed by atoms with Gasteiger partial charge in [-0.05, 0) is 16.9 Å². The standard InChI is InChI=1S/C15H20N2OS/c1-14(2)13(15(14,3)4)17-12(18)10-8-11(19-9-10)6-5-7-16/h8-9,13H,7,16H2,1-4H3,(H,17,18). The lowest BCUT2D eigenvalue weighted by Crippen LogP contribution is -2.29. The molecule has 0 aromatic carbocycles. The molecule has 1 aliphatic rings. The third-order valence-corrected chi connectivity index (χ3v) is 5.32. The van der Waals surface area contributed by atoms with Gasteiger partial charge in [0.2, 0.25) is 0 Å². The third-order valence-electron chi connectivity index (χ3n) is 4.47. The Hall–Kier alpha value is -1.31. The van der Waals surface area contributed by atoms with Gasteiger partial charge in [0, 0.05) is 11.4 Å². The smallest absolute Gasteiger partial charge is 0.252 e. The summed E-state index contributed by atoms with van der Waals surface area (Å²) in [5.41, 5.74) is 6.32. The molecular weight excluding hydrogens is 256 g/mol. The molecule has 1 aromatic rings. The van der Waals surface area contributed by atoms with Crippen LogP contribution in [0.3, 0.4) is 0 Å². The summed E-state index contributed by atoms with van der Waals surface area (Å²) in [5, 5.41) is 4.96. The molecule has 0 atom stereocenters. The van der Waals surface area contributed by atoms with Crippen molar-refractivity contribution in [2.45, 2.75) is 33.7 Å². The van der Waals surface area contributed by atoms with Crippen LogP contribution in [0.25, 0.3) is 0 Å². The average molecular weight is 276 g/mol. The predicted molar refractivity (Wildman–Crippen MR) is 79.1 cm³/mol. The molecule has 1 amide bonds. The van der Waals surface area contributed by atoms with Crippen LogP contribution in [0, 0.1) is 22.7 Å². The number of thiophene rings is 1. The fourth-order valence-corrected chi connectivity index (χ4v) is 3.19. The molecular formula is C15H20N2OS. The first-order valence-electron chi connectivity index (χ1n) is 6.39. The topological polar surface area (TPSA) is 55.1 Å². The number of hydrogen-bond donors (Lipinski definition) is 2. The molecule has 0 radical (unpaired) electrons. The van der Waals surface area contributed by atoms with E-state index < -0.39 is 0 Å². The maximum absolute atomic E-state index is 12.2. The van der Waals surface area contributed by atoms with Crippen LogP contribution in [-0.2, 0) is 0 Å². The zero-order valence-corrected chi connectivity index (χ0v) is 12.6. The summed E-state index contributed by atoms with van der Waals surface area (Å²) in [6, 6.07) is 2.05. The van der Waals surface area contributed by atoms with Crippen molar-refractivity contribution < 1.29 is 4.79 Å². The minimum atomic E-state index is -0.0132. The first kappa shape index (κ1) is 14.1. The SMILES string of the molecule is CC1(C)C(NC(=O)c2csc(C#CCN)c2)C1(C)C. The number of hydrogen-bond acceptors (Lipinski definition) is 3. The van der Waals surface area contributed by atoms with E-state index in [0.29, 0.717) is 12.1 Å². The van der Waals surface area contributed by atoms with E-state index >= 15 is 0 Å². The van der Waals surface area contributed by atoms with E-state index in [1.165, 1.54) is 11.3 Å². The van der Waals surface area contributed by atoms with Gasteiger partial charge in [-0.1, -0.05) is 39.5 Å². The second-order valence-corrected chi connectivity index (χ2v) is 6.97. The summed E-state index contributed by atoms with van der Waals surface area (Å²) in [6.07, 6.45) is 0. The molecule has 0 unspecified atom stereocenters. The molecule has 3 nitrogen and oxygen atoms in total. The molecule has 1 fully saturated rings. The van der Waals surface area contributed by atoms with Crippen LogP contribution in [0.15, 0.2) is 11.4 Å². The van der Waals surface area contributed by atoms with E-state index in [9.17, 15) is 4.79 Å². The highest BCUT2D eigenvalue weighted by molar-refractivity contribution is 7.10. The second-order valence-electron chi connectivity index (χ2n) is 6.06. The Morgan fingerprint density at radius 1 is 1.42 bits per heavy atom. The highest BCUT2D eigenvalue weighted by Crippen LogP contribution is 2.62. The lowest BCUT2D eigenvalue weighted by molar-refractivity contribution is 0.0944. The lowest BCUT2D eigenvalue weighted by Gasteiger charge is -2.04. The van der Waals surface area contributed by atoms with E-state index in [0.717, 1.165) is 4.88 Å². The maximum Gasteiger partial charge on any atom is 0.252 e. The van der Waals surface area contributed by atoms with Gasteiger partial charge < -0.3 is 11.1 Å². The van der Waals surface area contributed by atoms with Gasteiger partial charge in [0.25, 0.3) is 5.91 Å². The Morgan fingerprint density at radius 3 is 2.58 bits per heavy atom. The van der Waals surface area contributed by atoms with Gasteiger partial charge in [-0.3, -0.25) is 4.79 Å². The highest BCUT2D eigenvalue weighted by atomic mass is 32.1. The van der Waals surface area contributed by atoms with Crippen LogP contribution in [0.4, 0.5) is 0 Å². The number of amides is 1. The Bertz CT molecular complexity index is 546. The molecule has 0 bridgehead atoms. The second kappa shape index (κ2) is 4.66. The van der Waals surface area contributed by atoms with Gasteiger partial charge in [-0.25, -0.2) is 0 Å². The molecule has 2 rings (SSSR count). The molecule has 0 aliphatic heterocycles. The Kier molecular flexibility index (Phi) is 3.46. The molecule has 102 valence electrons. The van der Waals surface area contributed by atoms with Crippen LogP contribution in [0.5, 0.6) is 0 Å². The predicted octanol–water partition coefficient (Wildman–Crippen LogP) is 2.22. The minimum absolute atomic E-state index is 0.0132. The van der Waals surface area contributed by atoms with Crippen molar-refractivity contribution in [2.24, 2.45) is 16.6 Å². The molecule has 19 heavy (non-hydrogen) atoms. The van der Waals surface area contributed by atoms with Gasteiger partial charge in [-0.2, -0.15) is 0 Å². The van der Waals surface area contributed by atoms with Crippen LogP contribution in [0.1, 0.15) is 42.9 Å². The molecule has 1 heterocycles. The van der Waals surface area contributed by atoms with Crippen molar-refractivity contribution in [2.75, 3.05) is 6.54 Å². The quantitative estimate of drug-likeness (QED) is 0.814. The molecule has 1 saturated carbocycles. The van der Waals surface area contributed by atoms with Gasteiger partial charge in [0.05, 0.1) is 17.0 Å². The maximum atomic E-state index is 12.2. The van der Waals surface area contributed by atoms with Crippen molar-refractivity contribution in [1.82, 2.24) is 5.32 Å². The Balaban J connectivity index is 2.04. The monoisotopic (exact) mass is 276 g/mol. The van der Waals surface area contributed by atoms with Crippen LogP contribution in [-0.4, -0.2) is 18.5 Å². The van der Waals surface area contributed by atoms with Gasteiger partial charge >= 0.3 is 0 Å². The summed E-state index contributed by atoms with van der Waals surface area (Å²) in [7, 11) is 0. The van der Waals surface area contributed by atoms with Crippen molar-refractivity contribution in [1.29, 1.82) is 0 Å². The van der Waals surface area contributed by atoms with Crippen molar-refractivity contribution in [3.05, 3.63) is 21.9 Å². The Morgan fingerprint density at radius 2 is 2.05 bits per heavy atom. The van der Waals surface area contributed by atoms with Crippen molar-refractivity contribution in [3.63, 3.8) is 0 Å². The molecule has 0 saturated heterocycles. The summed E-state index contributed by atoms with van der Waals surface area (Å²) in [4.78, 5) is 13.1. The third kappa shape index (κ3) is 2.41. The Labute approximate surface area is 118 Å². The first-order valence-corrected chi connectivity index (χ1v) is 7.27. The largest absolute Gasteiger partial charge is 0.348 e. The van der Waals surface area contributed by atoms with Crippen molar-refractivity contribution >= 4 is 17.2 Å². The average Bonchev–Trinajstić information content (AvgIpc) is 2.76. The van der Waals surface area contributed by atoms with E-state index in [4.69, 9.17) is 5.73 Å². The van der Waals surface area contributed by atoms with Gasteiger partial charge in [0.1, 0.15) is 0 Å². The first-order chi connectivity index (χ1) is 8.80. The zero-order valence-electron chi connectivity index (χ0n) is 11.8. The van der Waals surface area contributed by atoms with E-state index in [1.807, 2.05) is 11.4 Å². The summed E-state index contributed by atoms with van der Waals surface area (Å²) in [5.74, 6) is 5.72. The molecule has 1 aliphatic carbocycles. The normalized spacial score (nSPS) is 19.4. The van der Waals surface area contributed by atoms with Crippen molar-refractivity contribution in [3.8, 4) is 11.8 Å². The van der Waals surface area contributed by atoms with E-state index in [1.54, 1.807) is 0 Å². The molecule has 3 N–H and O–H groups in total. The summed E-state index contributed by atoms with van der Waals surface area (Å²) >= 11 is 1.48. The number of rotatable bonds is 2. The number of nitrogens with two attached hydrogens (primary N) is 1. The highest BCUT2D eigenvalue weighted by Gasteiger charge is 2.65. The summed E-state index contributed by atoms with van der Waals surface area (Å²) in [6.45, 7) is 9.07. The molecule has 0 spiro atoms. The lowest BCUT2D eigenvalue weighted by atomic mass is 10.0.